The maximum absolute atomic E-state index is 14.7. The number of aliphatic hydroxyl groups is 2. The maximum atomic E-state index is 14.7. The maximum Gasteiger partial charge on any atom is 0.340 e. The summed E-state index contributed by atoms with van der Waals surface area (Å²) in [5.41, 5.74) is -2.80. The Hall–Kier alpha value is -2.06. The number of rotatable bonds is 9. The summed E-state index contributed by atoms with van der Waals surface area (Å²) in [5, 5.41) is 20.5. The van der Waals surface area contributed by atoms with E-state index in [1.807, 2.05) is 0 Å². The van der Waals surface area contributed by atoms with Gasteiger partial charge in [-0.3, -0.25) is 23.1 Å². The Morgan fingerprint density at radius 2 is 1.66 bits per heavy atom. The SMILES string of the molecule is O=c1ccn([C@@H]2O[C@H](COP(=O)(O)CP(=O)(O)O)[C@@H](O)[C@H]2O)c(=O)n1CC(F)(F)c1ccccc1. The van der Waals surface area contributed by atoms with Crippen LogP contribution in [0.5, 0.6) is 0 Å². The van der Waals surface area contributed by atoms with Crippen LogP contribution in [0.4, 0.5) is 8.78 Å². The van der Waals surface area contributed by atoms with Crippen molar-refractivity contribution in [2.75, 3.05) is 12.5 Å². The molecule has 2 heterocycles. The van der Waals surface area contributed by atoms with Crippen LogP contribution in [0.1, 0.15) is 11.8 Å². The monoisotopic (exact) mass is 542 g/mol. The minimum atomic E-state index is -4.92. The number of ether oxygens (including phenoxy) is 1. The van der Waals surface area contributed by atoms with Crippen molar-refractivity contribution in [3.05, 3.63) is 69.0 Å². The van der Waals surface area contributed by atoms with Crippen molar-refractivity contribution >= 4 is 15.2 Å². The number of alkyl halides is 2. The molecule has 5 atom stereocenters. The van der Waals surface area contributed by atoms with Crippen molar-refractivity contribution in [2.24, 2.45) is 0 Å². The number of aromatic nitrogens is 2. The van der Waals surface area contributed by atoms with Crippen LogP contribution in [0.25, 0.3) is 0 Å². The van der Waals surface area contributed by atoms with Crippen molar-refractivity contribution in [3.8, 4) is 0 Å². The van der Waals surface area contributed by atoms with E-state index >= 15 is 0 Å². The summed E-state index contributed by atoms with van der Waals surface area (Å²) in [5.74, 6) is -5.12. The van der Waals surface area contributed by atoms with Gasteiger partial charge in [0.25, 0.3) is 11.5 Å². The summed E-state index contributed by atoms with van der Waals surface area (Å²) in [7, 11) is -9.74. The molecule has 1 aliphatic heterocycles. The third-order valence-electron chi connectivity index (χ3n) is 5.06. The zero-order valence-electron chi connectivity index (χ0n) is 17.7. The van der Waals surface area contributed by atoms with Gasteiger partial charge < -0.3 is 34.2 Å². The van der Waals surface area contributed by atoms with Gasteiger partial charge in [0.2, 0.25) is 0 Å². The van der Waals surface area contributed by atoms with Gasteiger partial charge in [0, 0.05) is 17.8 Å². The van der Waals surface area contributed by atoms with Crippen LogP contribution >= 0.6 is 15.2 Å². The van der Waals surface area contributed by atoms with Crippen LogP contribution in [0.2, 0.25) is 0 Å². The lowest BCUT2D eigenvalue weighted by molar-refractivity contribution is -0.0554. The smallest absolute Gasteiger partial charge is 0.340 e. The highest BCUT2D eigenvalue weighted by molar-refractivity contribution is 7.70. The number of aliphatic hydroxyl groups excluding tert-OH is 2. The molecule has 0 spiro atoms. The average molecular weight is 542 g/mol. The molecule has 35 heavy (non-hydrogen) atoms. The molecule has 0 radical (unpaired) electrons. The number of benzene rings is 1. The summed E-state index contributed by atoms with van der Waals surface area (Å²) in [6, 6.07) is 7.22. The van der Waals surface area contributed by atoms with Gasteiger partial charge in [-0.2, -0.15) is 8.78 Å². The molecule has 1 unspecified atom stereocenters. The van der Waals surface area contributed by atoms with Gasteiger partial charge in [-0.05, 0) is 0 Å². The Bertz CT molecular complexity index is 1260. The first kappa shape index (κ1) is 27.5. The second-order valence-corrected chi connectivity index (χ2v) is 11.8. The molecule has 1 fully saturated rings. The highest BCUT2D eigenvalue weighted by atomic mass is 31.2. The van der Waals surface area contributed by atoms with E-state index in [1.54, 1.807) is 0 Å². The predicted molar refractivity (Wildman–Crippen MR) is 114 cm³/mol. The highest BCUT2D eigenvalue weighted by Gasteiger charge is 2.46. The molecule has 1 aromatic heterocycles. The molecule has 2 aromatic rings. The molecule has 13 nitrogen and oxygen atoms in total. The average Bonchev–Trinajstić information content (AvgIpc) is 3.03. The van der Waals surface area contributed by atoms with E-state index in [0.29, 0.717) is 4.57 Å². The Morgan fingerprint density at radius 3 is 2.26 bits per heavy atom. The van der Waals surface area contributed by atoms with E-state index in [2.05, 4.69) is 4.52 Å². The van der Waals surface area contributed by atoms with Crippen molar-refractivity contribution in [2.45, 2.75) is 37.0 Å². The van der Waals surface area contributed by atoms with Crippen molar-refractivity contribution in [3.63, 3.8) is 0 Å². The molecular formula is C18H22F2N2O11P2. The third kappa shape index (κ3) is 6.58. The van der Waals surface area contributed by atoms with Crippen LogP contribution in [0, 0.1) is 0 Å². The quantitative estimate of drug-likeness (QED) is 0.262. The van der Waals surface area contributed by atoms with Crippen LogP contribution in [-0.4, -0.2) is 64.8 Å². The van der Waals surface area contributed by atoms with Gasteiger partial charge in [-0.1, -0.05) is 30.3 Å². The summed E-state index contributed by atoms with van der Waals surface area (Å²) in [6.45, 7) is -2.24. The minimum absolute atomic E-state index is 0.223. The molecule has 194 valence electrons. The molecule has 0 bridgehead atoms. The topological polar surface area (TPSA) is 198 Å². The summed E-state index contributed by atoms with van der Waals surface area (Å²) < 4.78 is 62.8. The number of hydrogen-bond donors (Lipinski definition) is 5. The van der Waals surface area contributed by atoms with Crippen molar-refractivity contribution in [1.82, 2.24) is 9.13 Å². The van der Waals surface area contributed by atoms with Crippen molar-refractivity contribution in [1.29, 1.82) is 0 Å². The molecule has 0 aliphatic carbocycles. The molecular weight excluding hydrogens is 520 g/mol. The third-order valence-corrected chi connectivity index (χ3v) is 8.52. The molecule has 1 saturated heterocycles. The fourth-order valence-electron chi connectivity index (χ4n) is 3.40. The molecule has 0 amide bonds. The highest BCUT2D eigenvalue weighted by Crippen LogP contribution is 2.55. The van der Waals surface area contributed by atoms with Gasteiger partial charge in [0.1, 0.15) is 18.3 Å². The summed E-state index contributed by atoms with van der Waals surface area (Å²) >= 11 is 0. The Balaban J connectivity index is 1.82. The second kappa shape index (κ2) is 10.1. The predicted octanol–water partition coefficient (Wildman–Crippen LogP) is -0.242. The molecule has 3 rings (SSSR count). The van der Waals surface area contributed by atoms with Gasteiger partial charge >= 0.3 is 20.9 Å². The van der Waals surface area contributed by atoms with E-state index < -0.39 is 81.5 Å². The van der Waals surface area contributed by atoms with Crippen LogP contribution in [0.15, 0.2) is 52.2 Å². The summed E-state index contributed by atoms with van der Waals surface area (Å²) in [4.78, 5) is 52.2. The normalized spacial score (nSPS) is 24.9. The molecule has 5 N–H and O–H groups in total. The molecule has 0 saturated carbocycles. The van der Waals surface area contributed by atoms with E-state index in [4.69, 9.17) is 14.5 Å². The Morgan fingerprint density at radius 1 is 1.03 bits per heavy atom. The second-order valence-electron chi connectivity index (χ2n) is 7.79. The van der Waals surface area contributed by atoms with E-state index in [-0.39, 0.29) is 4.57 Å². The molecule has 1 aromatic carbocycles. The largest absolute Gasteiger partial charge is 0.387 e. The minimum Gasteiger partial charge on any atom is -0.387 e. The first-order valence-electron chi connectivity index (χ1n) is 9.89. The molecule has 17 heteroatoms. The van der Waals surface area contributed by atoms with Crippen LogP contribution in [0.3, 0.4) is 0 Å². The fourth-order valence-corrected chi connectivity index (χ4v) is 5.97. The lowest BCUT2D eigenvalue weighted by atomic mass is 10.1. The van der Waals surface area contributed by atoms with Gasteiger partial charge in [0.05, 0.1) is 13.2 Å². The van der Waals surface area contributed by atoms with E-state index in [0.717, 1.165) is 24.4 Å². The molecule has 1 aliphatic rings. The first-order chi connectivity index (χ1) is 16.1. The standard InChI is InChI=1S/C18H22F2N2O11P2/c19-18(20,11-4-2-1-3-5-11)9-22-13(23)6-7-21(17(22)26)16-15(25)14(24)12(33-16)8-32-35(30,31)10-34(27,28)29/h1-7,12,14-16,24-25H,8-10H2,(H,30,31)(H2,27,28,29)/t12-,14-,15-,16-/m1/s1. The lowest BCUT2D eigenvalue weighted by Gasteiger charge is -2.21. The first-order valence-corrected chi connectivity index (χ1v) is 13.5. The zero-order valence-corrected chi connectivity index (χ0v) is 19.5. The Labute approximate surface area is 195 Å². The lowest BCUT2D eigenvalue weighted by Crippen LogP contribution is -2.45. The van der Waals surface area contributed by atoms with Crippen LogP contribution < -0.4 is 11.2 Å². The van der Waals surface area contributed by atoms with E-state index in [1.165, 1.54) is 18.2 Å². The Kier molecular flexibility index (Phi) is 7.97. The van der Waals surface area contributed by atoms with Gasteiger partial charge in [0.15, 0.2) is 12.1 Å². The zero-order chi connectivity index (χ0) is 26.2. The van der Waals surface area contributed by atoms with Crippen molar-refractivity contribution < 1.29 is 52.1 Å². The van der Waals surface area contributed by atoms with Gasteiger partial charge in [-0.25, -0.2) is 4.79 Å². The number of hydrogen-bond acceptors (Lipinski definition) is 8. The van der Waals surface area contributed by atoms with Crippen LogP contribution in [-0.2, 0) is 30.9 Å². The summed E-state index contributed by atoms with van der Waals surface area (Å²) in [6.07, 6.45) is -6.07. The van der Waals surface area contributed by atoms with E-state index in [9.17, 15) is 42.6 Å². The van der Waals surface area contributed by atoms with Gasteiger partial charge in [-0.15, -0.1) is 0 Å². The number of nitrogens with zero attached hydrogens (tertiary/aromatic N) is 2. The number of halogens is 2. The fraction of sp³-hybridized carbons (Fsp3) is 0.444.